The molecule has 0 fully saturated rings. The molecular weight excluding hydrogens is 252 g/mol. The van der Waals surface area contributed by atoms with E-state index < -0.39 is 11.6 Å². The van der Waals surface area contributed by atoms with E-state index in [1.807, 2.05) is 48.5 Å². The van der Waals surface area contributed by atoms with E-state index >= 15 is 0 Å². The minimum atomic E-state index is -0.819. The summed E-state index contributed by atoms with van der Waals surface area (Å²) < 4.78 is 0. The number of nitrogens with zero attached hydrogens (tertiary/aromatic N) is 1. The third kappa shape index (κ3) is 2.97. The number of para-hydroxylation sites is 1. The Morgan fingerprint density at radius 2 is 1.50 bits per heavy atom. The van der Waals surface area contributed by atoms with E-state index in [1.54, 1.807) is 26.0 Å². The topological polar surface area (TPSA) is 52.6 Å². The van der Waals surface area contributed by atoms with E-state index in [4.69, 9.17) is 0 Å². The maximum atomic E-state index is 12.1. The van der Waals surface area contributed by atoms with Crippen LogP contribution in [-0.4, -0.2) is 16.3 Å². The first kappa shape index (κ1) is 14.1. The van der Waals surface area contributed by atoms with Crippen molar-refractivity contribution in [3.8, 4) is 0 Å². The summed E-state index contributed by atoms with van der Waals surface area (Å²) in [6, 6.07) is 17.9. The lowest BCUT2D eigenvalue weighted by molar-refractivity contribution is -0.112. The van der Waals surface area contributed by atoms with Crippen LogP contribution in [-0.2, 0) is 5.54 Å². The molecule has 0 heterocycles. The monoisotopic (exact) mass is 270 g/mol. The van der Waals surface area contributed by atoms with Crippen LogP contribution in [0.3, 0.4) is 0 Å². The van der Waals surface area contributed by atoms with Gasteiger partial charge in [0, 0.05) is 5.69 Å². The van der Waals surface area contributed by atoms with Crippen LogP contribution < -0.4 is 5.32 Å². The quantitative estimate of drug-likeness (QED) is 0.657. The molecule has 0 atom stereocenters. The minimum absolute atomic E-state index is 0.565. The molecule has 0 aliphatic rings. The van der Waals surface area contributed by atoms with Gasteiger partial charge in [-0.05, 0) is 31.5 Å². The number of benzene rings is 2. The predicted octanol–water partition coefficient (Wildman–Crippen LogP) is 3.85. The van der Waals surface area contributed by atoms with Crippen LogP contribution in [0, 0.1) is 0 Å². The third-order valence-corrected chi connectivity index (χ3v) is 3.23. The molecule has 0 unspecified atom stereocenters. The molecule has 0 aliphatic carbocycles. The number of hydroxylamine groups is 2. The lowest BCUT2D eigenvalue weighted by Gasteiger charge is -2.33. The first-order valence-corrected chi connectivity index (χ1v) is 6.42. The van der Waals surface area contributed by atoms with E-state index in [9.17, 15) is 10.0 Å². The Bertz CT molecular complexity index is 568. The highest BCUT2D eigenvalue weighted by molar-refractivity contribution is 5.89. The van der Waals surface area contributed by atoms with Gasteiger partial charge in [0.25, 0.3) is 0 Å². The fourth-order valence-electron chi connectivity index (χ4n) is 1.92. The van der Waals surface area contributed by atoms with Crippen molar-refractivity contribution in [2.24, 2.45) is 0 Å². The summed E-state index contributed by atoms with van der Waals surface area (Å²) >= 11 is 0. The molecule has 0 bridgehead atoms. The lowest BCUT2D eigenvalue weighted by atomic mass is 9.94. The number of carbonyl (C=O) groups excluding carboxylic acids is 1. The van der Waals surface area contributed by atoms with Crippen molar-refractivity contribution in [1.29, 1.82) is 0 Å². The average Bonchev–Trinajstić information content (AvgIpc) is 2.48. The van der Waals surface area contributed by atoms with Gasteiger partial charge in [0.15, 0.2) is 0 Å². The van der Waals surface area contributed by atoms with Gasteiger partial charge >= 0.3 is 6.03 Å². The molecule has 2 amide bonds. The van der Waals surface area contributed by atoms with Crippen LogP contribution in [0.15, 0.2) is 60.7 Å². The fraction of sp³-hybridized carbons (Fsp3) is 0.188. The van der Waals surface area contributed by atoms with Gasteiger partial charge in [-0.1, -0.05) is 48.5 Å². The number of carbonyl (C=O) groups is 1. The summed E-state index contributed by atoms with van der Waals surface area (Å²) in [7, 11) is 0. The zero-order valence-corrected chi connectivity index (χ0v) is 11.6. The Kier molecular flexibility index (Phi) is 4.05. The Labute approximate surface area is 118 Å². The summed E-state index contributed by atoms with van der Waals surface area (Å²) in [6.07, 6.45) is 0. The summed E-state index contributed by atoms with van der Waals surface area (Å²) in [5, 5.41) is 13.6. The van der Waals surface area contributed by atoms with E-state index in [0.29, 0.717) is 5.69 Å². The minimum Gasteiger partial charge on any atom is -0.306 e. The summed E-state index contributed by atoms with van der Waals surface area (Å²) in [4.78, 5) is 12.1. The summed E-state index contributed by atoms with van der Waals surface area (Å²) in [6.45, 7) is 3.57. The van der Waals surface area contributed by atoms with Crippen molar-refractivity contribution < 1.29 is 10.0 Å². The Morgan fingerprint density at radius 3 is 2.05 bits per heavy atom. The number of nitrogens with one attached hydrogen (secondary N) is 1. The number of hydrogen-bond acceptors (Lipinski definition) is 2. The van der Waals surface area contributed by atoms with Crippen molar-refractivity contribution in [2.75, 3.05) is 5.32 Å². The number of rotatable bonds is 3. The van der Waals surface area contributed by atoms with Gasteiger partial charge in [-0.2, -0.15) is 5.06 Å². The van der Waals surface area contributed by atoms with Crippen molar-refractivity contribution in [1.82, 2.24) is 5.06 Å². The largest absolute Gasteiger partial charge is 0.346 e. The van der Waals surface area contributed by atoms with Crippen LogP contribution in [0.2, 0.25) is 0 Å². The second-order valence-electron chi connectivity index (χ2n) is 5.03. The molecule has 2 N–H and O–H groups in total. The van der Waals surface area contributed by atoms with Gasteiger partial charge in [-0.3, -0.25) is 5.21 Å². The Hall–Kier alpha value is -2.33. The Morgan fingerprint density at radius 1 is 1.00 bits per heavy atom. The molecule has 20 heavy (non-hydrogen) atoms. The Balaban J connectivity index is 2.14. The zero-order valence-electron chi connectivity index (χ0n) is 11.6. The van der Waals surface area contributed by atoms with Crippen LogP contribution >= 0.6 is 0 Å². The van der Waals surface area contributed by atoms with Crippen molar-refractivity contribution in [3.63, 3.8) is 0 Å². The molecule has 2 aromatic carbocycles. The van der Waals surface area contributed by atoms with Crippen molar-refractivity contribution >= 4 is 11.7 Å². The van der Waals surface area contributed by atoms with E-state index in [2.05, 4.69) is 5.32 Å². The summed E-state index contributed by atoms with van der Waals surface area (Å²) in [5.41, 5.74) is 0.672. The fourth-order valence-corrected chi connectivity index (χ4v) is 1.92. The molecule has 2 rings (SSSR count). The molecule has 0 aliphatic heterocycles. The molecule has 0 saturated carbocycles. The number of anilines is 1. The summed E-state index contributed by atoms with van der Waals surface area (Å²) in [5.74, 6) is 0. The van der Waals surface area contributed by atoms with E-state index in [1.165, 1.54) is 0 Å². The third-order valence-electron chi connectivity index (χ3n) is 3.23. The second-order valence-corrected chi connectivity index (χ2v) is 5.03. The zero-order chi connectivity index (χ0) is 14.6. The highest BCUT2D eigenvalue weighted by Crippen LogP contribution is 2.26. The normalized spacial score (nSPS) is 10.9. The molecule has 0 radical (unpaired) electrons. The van der Waals surface area contributed by atoms with Crippen LogP contribution in [0.1, 0.15) is 19.4 Å². The number of amides is 2. The van der Waals surface area contributed by atoms with Crippen LogP contribution in [0.25, 0.3) is 0 Å². The van der Waals surface area contributed by atoms with Gasteiger partial charge in [-0.15, -0.1) is 0 Å². The first-order chi connectivity index (χ1) is 9.51. The maximum Gasteiger partial charge on any atom is 0.346 e. The van der Waals surface area contributed by atoms with E-state index in [-0.39, 0.29) is 0 Å². The average molecular weight is 270 g/mol. The lowest BCUT2D eigenvalue weighted by Crippen LogP contribution is -2.45. The SMILES string of the molecule is CC(C)(c1ccccc1)N(O)C(=O)Nc1ccccc1. The van der Waals surface area contributed by atoms with Gasteiger partial charge in [0.2, 0.25) is 0 Å². The predicted molar refractivity (Wildman–Crippen MR) is 78.6 cm³/mol. The van der Waals surface area contributed by atoms with Gasteiger partial charge < -0.3 is 5.32 Å². The van der Waals surface area contributed by atoms with E-state index in [0.717, 1.165) is 10.6 Å². The molecule has 104 valence electrons. The van der Waals surface area contributed by atoms with Crippen LogP contribution in [0.5, 0.6) is 0 Å². The highest BCUT2D eigenvalue weighted by Gasteiger charge is 2.31. The molecule has 0 spiro atoms. The smallest absolute Gasteiger partial charge is 0.306 e. The van der Waals surface area contributed by atoms with Crippen molar-refractivity contribution in [3.05, 3.63) is 66.2 Å². The highest BCUT2D eigenvalue weighted by atomic mass is 16.5. The molecular formula is C16H18N2O2. The number of hydrogen-bond donors (Lipinski definition) is 2. The van der Waals surface area contributed by atoms with Gasteiger partial charge in [0.1, 0.15) is 0 Å². The molecule has 4 heteroatoms. The second kappa shape index (κ2) is 5.75. The molecule has 0 aromatic heterocycles. The van der Waals surface area contributed by atoms with Gasteiger partial charge in [0.05, 0.1) is 5.54 Å². The maximum absolute atomic E-state index is 12.1. The first-order valence-electron chi connectivity index (χ1n) is 6.42. The molecule has 4 nitrogen and oxygen atoms in total. The number of urea groups is 1. The molecule has 2 aromatic rings. The van der Waals surface area contributed by atoms with Crippen LogP contribution in [0.4, 0.5) is 10.5 Å². The standard InChI is InChI=1S/C16H18N2O2/c1-16(2,13-9-5-3-6-10-13)18(20)15(19)17-14-11-7-4-8-12-14/h3-12,20H,1-2H3,(H,17,19). The van der Waals surface area contributed by atoms with Crippen molar-refractivity contribution in [2.45, 2.75) is 19.4 Å². The van der Waals surface area contributed by atoms with Gasteiger partial charge in [-0.25, -0.2) is 4.79 Å². The molecule has 0 saturated heterocycles.